The first-order valence-corrected chi connectivity index (χ1v) is 11.1. The van der Waals surface area contributed by atoms with Gasteiger partial charge in [-0.1, -0.05) is 41.9 Å². The largest absolute Gasteiger partial charge is 0.368 e. The number of rotatable bonds is 7. The Bertz CT molecular complexity index is 1160. The summed E-state index contributed by atoms with van der Waals surface area (Å²) in [7, 11) is 0. The van der Waals surface area contributed by atoms with E-state index in [1.54, 1.807) is 12.3 Å². The molecule has 4 rings (SSSR count). The van der Waals surface area contributed by atoms with Crippen LogP contribution in [-0.2, 0) is 17.8 Å². The standard InChI is InChI=1S/C24H25ClN6O2/c25-20-6-8-21(9-7-20)29-14-16-30(17-15-29)22-10-11-24(33)31(28-22)18-23(32)27-26-13-12-19-4-2-1-3-5-19/h1-11,13H,12,14-18H2,(H,27,32)/b26-13+. The van der Waals surface area contributed by atoms with Gasteiger partial charge in [0.15, 0.2) is 0 Å². The van der Waals surface area contributed by atoms with Crippen molar-refractivity contribution >= 4 is 35.2 Å². The first-order valence-electron chi connectivity index (χ1n) is 10.8. The minimum atomic E-state index is -0.404. The second-order valence-electron chi connectivity index (χ2n) is 7.67. The molecule has 1 aliphatic heterocycles. The number of carbonyl (C=O) groups is 1. The molecule has 3 aromatic rings. The van der Waals surface area contributed by atoms with Gasteiger partial charge < -0.3 is 9.80 Å². The number of halogens is 1. The second kappa shape index (κ2) is 10.8. The predicted molar refractivity (Wildman–Crippen MR) is 131 cm³/mol. The summed E-state index contributed by atoms with van der Waals surface area (Å²) < 4.78 is 1.17. The van der Waals surface area contributed by atoms with Crippen LogP contribution in [0.5, 0.6) is 0 Å². The topological polar surface area (TPSA) is 82.8 Å². The lowest BCUT2D eigenvalue weighted by Gasteiger charge is -2.36. The third-order valence-corrected chi connectivity index (χ3v) is 5.64. The molecular weight excluding hydrogens is 440 g/mol. The van der Waals surface area contributed by atoms with Crippen molar-refractivity contribution in [2.75, 3.05) is 36.0 Å². The van der Waals surface area contributed by atoms with Gasteiger partial charge in [-0.3, -0.25) is 9.59 Å². The van der Waals surface area contributed by atoms with Gasteiger partial charge in [0.2, 0.25) is 0 Å². The average molecular weight is 465 g/mol. The molecule has 0 bridgehead atoms. The van der Waals surface area contributed by atoms with E-state index in [9.17, 15) is 9.59 Å². The fraction of sp³-hybridized carbons (Fsp3) is 0.250. The summed E-state index contributed by atoms with van der Waals surface area (Å²) in [5.74, 6) is 0.268. The SMILES string of the molecule is O=C(Cn1nc(N2CCN(c3ccc(Cl)cc3)CC2)ccc1=O)N/N=C/Cc1ccccc1. The molecule has 8 nitrogen and oxygen atoms in total. The number of nitrogens with one attached hydrogen (secondary N) is 1. The Morgan fingerprint density at radius 2 is 1.67 bits per heavy atom. The molecule has 9 heteroatoms. The zero-order valence-electron chi connectivity index (χ0n) is 18.1. The smallest absolute Gasteiger partial charge is 0.267 e. The van der Waals surface area contributed by atoms with Crippen molar-refractivity contribution in [2.24, 2.45) is 5.10 Å². The van der Waals surface area contributed by atoms with Gasteiger partial charge in [0.05, 0.1) is 0 Å². The summed E-state index contributed by atoms with van der Waals surface area (Å²) in [5, 5.41) is 9.08. The summed E-state index contributed by atoms with van der Waals surface area (Å²) in [6.07, 6.45) is 2.23. The van der Waals surface area contributed by atoms with Crippen molar-refractivity contribution in [2.45, 2.75) is 13.0 Å². The van der Waals surface area contributed by atoms with Crippen molar-refractivity contribution in [1.29, 1.82) is 0 Å². The van der Waals surface area contributed by atoms with Gasteiger partial charge in [0, 0.05) is 55.6 Å². The molecule has 0 radical (unpaired) electrons. The predicted octanol–water partition coefficient (Wildman–Crippen LogP) is 2.57. The number of aromatic nitrogens is 2. The quantitative estimate of drug-likeness (QED) is 0.429. The second-order valence-corrected chi connectivity index (χ2v) is 8.11. The van der Waals surface area contributed by atoms with Crippen LogP contribution in [0.1, 0.15) is 5.56 Å². The molecule has 0 spiro atoms. The van der Waals surface area contributed by atoms with Gasteiger partial charge in [-0.25, -0.2) is 10.1 Å². The van der Waals surface area contributed by atoms with Crippen LogP contribution in [0.3, 0.4) is 0 Å². The van der Waals surface area contributed by atoms with Crippen LogP contribution in [0.15, 0.2) is 76.6 Å². The number of amides is 1. The minimum Gasteiger partial charge on any atom is -0.368 e. The number of hydrogen-bond donors (Lipinski definition) is 1. The molecule has 0 atom stereocenters. The summed E-state index contributed by atoms with van der Waals surface area (Å²) >= 11 is 5.98. The van der Waals surface area contributed by atoms with Gasteiger partial charge in [-0.15, -0.1) is 0 Å². The van der Waals surface area contributed by atoms with E-state index in [1.165, 1.54) is 10.7 Å². The molecule has 33 heavy (non-hydrogen) atoms. The van der Waals surface area contributed by atoms with E-state index in [1.807, 2.05) is 54.6 Å². The molecule has 1 aromatic heterocycles. The summed E-state index contributed by atoms with van der Waals surface area (Å²) in [6.45, 7) is 2.95. The van der Waals surface area contributed by atoms with E-state index in [0.29, 0.717) is 12.2 Å². The van der Waals surface area contributed by atoms with E-state index < -0.39 is 5.91 Å². The van der Waals surface area contributed by atoms with E-state index in [-0.39, 0.29) is 12.1 Å². The highest BCUT2D eigenvalue weighted by Gasteiger charge is 2.19. The highest BCUT2D eigenvalue weighted by Crippen LogP contribution is 2.20. The Kier molecular flexibility index (Phi) is 7.36. The Balaban J connectivity index is 1.31. The fourth-order valence-corrected chi connectivity index (χ4v) is 3.75. The fourth-order valence-electron chi connectivity index (χ4n) is 3.62. The van der Waals surface area contributed by atoms with Crippen LogP contribution < -0.4 is 20.8 Å². The van der Waals surface area contributed by atoms with Gasteiger partial charge in [-0.05, 0) is 35.9 Å². The monoisotopic (exact) mass is 464 g/mol. The first-order chi connectivity index (χ1) is 16.1. The summed E-state index contributed by atoms with van der Waals surface area (Å²) in [5.41, 5.74) is 4.35. The molecule has 2 heterocycles. The Morgan fingerprint density at radius 1 is 0.970 bits per heavy atom. The average Bonchev–Trinajstić information content (AvgIpc) is 2.84. The molecule has 1 aliphatic rings. The van der Waals surface area contributed by atoms with Crippen LogP contribution in [0, 0.1) is 0 Å². The minimum absolute atomic E-state index is 0.194. The zero-order valence-corrected chi connectivity index (χ0v) is 18.9. The van der Waals surface area contributed by atoms with E-state index in [4.69, 9.17) is 11.6 Å². The number of carbonyl (C=O) groups excluding carboxylic acids is 1. The molecule has 1 saturated heterocycles. The van der Waals surface area contributed by atoms with Crippen molar-refractivity contribution in [3.8, 4) is 0 Å². The molecule has 0 saturated carbocycles. The molecule has 1 fully saturated rings. The lowest BCUT2D eigenvalue weighted by molar-refractivity contribution is -0.121. The number of anilines is 2. The number of nitrogens with zero attached hydrogens (tertiary/aromatic N) is 5. The van der Waals surface area contributed by atoms with Crippen molar-refractivity contribution < 1.29 is 4.79 Å². The van der Waals surface area contributed by atoms with E-state index in [0.717, 1.165) is 42.5 Å². The Hall–Kier alpha value is -3.65. The molecule has 0 unspecified atom stereocenters. The van der Waals surface area contributed by atoms with Crippen LogP contribution in [0.25, 0.3) is 0 Å². The van der Waals surface area contributed by atoms with Gasteiger partial charge in [0.1, 0.15) is 12.4 Å². The van der Waals surface area contributed by atoms with Crippen LogP contribution in [0.2, 0.25) is 5.02 Å². The highest BCUT2D eigenvalue weighted by atomic mass is 35.5. The third kappa shape index (κ3) is 6.20. The van der Waals surface area contributed by atoms with Gasteiger partial charge >= 0.3 is 0 Å². The van der Waals surface area contributed by atoms with Crippen molar-refractivity contribution in [3.63, 3.8) is 0 Å². The number of piperazine rings is 1. The molecule has 0 aliphatic carbocycles. The van der Waals surface area contributed by atoms with Crippen molar-refractivity contribution in [3.05, 3.63) is 87.7 Å². The van der Waals surface area contributed by atoms with Crippen LogP contribution in [-0.4, -0.2) is 48.1 Å². The highest BCUT2D eigenvalue weighted by molar-refractivity contribution is 6.30. The van der Waals surface area contributed by atoms with Crippen LogP contribution >= 0.6 is 11.6 Å². The van der Waals surface area contributed by atoms with E-state index >= 15 is 0 Å². The number of benzene rings is 2. The maximum atomic E-state index is 12.2. The van der Waals surface area contributed by atoms with Gasteiger partial charge in [0.25, 0.3) is 11.5 Å². The van der Waals surface area contributed by atoms with Crippen LogP contribution in [0.4, 0.5) is 11.5 Å². The molecule has 1 N–H and O–H groups in total. The molecule has 170 valence electrons. The van der Waals surface area contributed by atoms with Gasteiger partial charge in [-0.2, -0.15) is 10.2 Å². The maximum Gasteiger partial charge on any atom is 0.267 e. The lowest BCUT2D eigenvalue weighted by Crippen LogP contribution is -2.47. The molecular formula is C24H25ClN6O2. The molecule has 1 amide bonds. The maximum absolute atomic E-state index is 12.2. The summed E-state index contributed by atoms with van der Waals surface area (Å²) in [4.78, 5) is 28.8. The normalized spacial score (nSPS) is 14.0. The third-order valence-electron chi connectivity index (χ3n) is 5.39. The Morgan fingerprint density at radius 3 is 2.39 bits per heavy atom. The lowest BCUT2D eigenvalue weighted by atomic mass is 10.2. The molecule has 2 aromatic carbocycles. The Labute approximate surface area is 197 Å². The number of hydrogen-bond acceptors (Lipinski definition) is 6. The number of hydrazone groups is 1. The van der Waals surface area contributed by atoms with E-state index in [2.05, 4.69) is 25.4 Å². The zero-order chi connectivity index (χ0) is 23.0. The first kappa shape index (κ1) is 22.5. The summed E-state index contributed by atoms with van der Waals surface area (Å²) in [6, 6.07) is 20.8. The van der Waals surface area contributed by atoms with Crippen molar-refractivity contribution in [1.82, 2.24) is 15.2 Å².